The largest absolute Gasteiger partial charge is 0.293 e. The molecule has 1 aliphatic rings. The number of aryl methyl sites for hydroxylation is 4. The molecule has 0 spiro atoms. The summed E-state index contributed by atoms with van der Waals surface area (Å²) >= 11 is 0. The average molecular weight is 399 g/mol. The molecule has 2 aromatic heterocycles. The van der Waals surface area contributed by atoms with Crippen LogP contribution in [-0.2, 0) is 6.54 Å². The third kappa shape index (κ3) is 3.15. The number of aromatic nitrogens is 4. The Kier molecular flexibility index (Phi) is 4.35. The monoisotopic (exact) mass is 398 g/mol. The summed E-state index contributed by atoms with van der Waals surface area (Å²) in [5, 5.41) is 10.3. The van der Waals surface area contributed by atoms with Gasteiger partial charge in [-0.05, 0) is 63.3 Å². The molecule has 4 aromatic rings. The lowest BCUT2D eigenvalue weighted by molar-refractivity contribution is 0.624. The van der Waals surface area contributed by atoms with Crippen molar-refractivity contribution in [2.75, 3.05) is 0 Å². The van der Waals surface area contributed by atoms with Gasteiger partial charge in [-0.15, -0.1) is 0 Å². The maximum absolute atomic E-state index is 13.6. The first-order valence-corrected chi connectivity index (χ1v) is 10.5. The Labute approximate surface area is 176 Å². The van der Waals surface area contributed by atoms with E-state index >= 15 is 0 Å². The summed E-state index contributed by atoms with van der Waals surface area (Å²) in [7, 11) is 0. The van der Waals surface area contributed by atoms with Crippen molar-refractivity contribution in [1.29, 1.82) is 0 Å². The zero-order chi connectivity index (χ0) is 21.0. The molecule has 0 radical (unpaired) electrons. The molecule has 30 heavy (non-hydrogen) atoms. The molecule has 5 nitrogen and oxygen atoms in total. The molecule has 0 unspecified atom stereocenters. The zero-order valence-corrected chi connectivity index (χ0v) is 17.9. The summed E-state index contributed by atoms with van der Waals surface area (Å²) < 4.78 is 3.44. The molecule has 0 amide bonds. The van der Waals surface area contributed by atoms with Crippen LogP contribution in [0.5, 0.6) is 0 Å². The Hall–Kier alpha value is -3.21. The summed E-state index contributed by atoms with van der Waals surface area (Å²) in [6.45, 7) is 8.77. The number of fused-ring (bicyclic) bond motifs is 1. The maximum Gasteiger partial charge on any atom is 0.293 e. The SMILES string of the molecule is Cc1ccc(-n2ncc3c(C4CC4)nn(Cc4cc(C)ccc4C)c(=O)c32)c(C)c1. The lowest BCUT2D eigenvalue weighted by Crippen LogP contribution is -2.27. The molecule has 5 rings (SSSR count). The molecule has 152 valence electrons. The molecule has 1 saturated carbocycles. The van der Waals surface area contributed by atoms with Crippen molar-refractivity contribution in [3.8, 4) is 5.69 Å². The summed E-state index contributed by atoms with van der Waals surface area (Å²) in [4.78, 5) is 13.6. The zero-order valence-electron chi connectivity index (χ0n) is 17.9. The van der Waals surface area contributed by atoms with Crippen LogP contribution in [0.2, 0.25) is 0 Å². The van der Waals surface area contributed by atoms with Crippen LogP contribution >= 0.6 is 0 Å². The fourth-order valence-corrected chi connectivity index (χ4v) is 4.22. The van der Waals surface area contributed by atoms with Crippen LogP contribution in [-0.4, -0.2) is 19.6 Å². The van der Waals surface area contributed by atoms with Gasteiger partial charge in [-0.25, -0.2) is 9.36 Å². The Balaban J connectivity index is 1.73. The molecule has 0 bridgehead atoms. The quantitative estimate of drug-likeness (QED) is 0.499. The topological polar surface area (TPSA) is 52.7 Å². The smallest absolute Gasteiger partial charge is 0.265 e. The van der Waals surface area contributed by atoms with E-state index in [9.17, 15) is 4.79 Å². The van der Waals surface area contributed by atoms with Crippen LogP contribution in [0.1, 0.15) is 52.3 Å². The van der Waals surface area contributed by atoms with Crippen LogP contribution in [0.15, 0.2) is 47.4 Å². The summed E-state index contributed by atoms with van der Waals surface area (Å²) in [6, 6.07) is 12.6. The van der Waals surface area contributed by atoms with Crippen molar-refractivity contribution in [3.05, 3.63) is 86.5 Å². The minimum Gasteiger partial charge on any atom is -0.265 e. The minimum atomic E-state index is -0.0900. The lowest BCUT2D eigenvalue weighted by atomic mass is 10.1. The number of nitrogens with zero attached hydrogens (tertiary/aromatic N) is 4. The summed E-state index contributed by atoms with van der Waals surface area (Å²) in [6.07, 6.45) is 4.07. The average Bonchev–Trinajstić information content (AvgIpc) is 3.45. The molecule has 0 N–H and O–H groups in total. The first kappa shape index (κ1) is 18.8. The molecule has 1 fully saturated rings. The van der Waals surface area contributed by atoms with Crippen molar-refractivity contribution in [2.45, 2.75) is 53.0 Å². The van der Waals surface area contributed by atoms with E-state index in [1.807, 2.05) is 12.3 Å². The van der Waals surface area contributed by atoms with Crippen molar-refractivity contribution in [3.63, 3.8) is 0 Å². The second kappa shape index (κ2) is 6.94. The van der Waals surface area contributed by atoms with E-state index in [0.29, 0.717) is 18.0 Å². The number of hydrogen-bond donors (Lipinski definition) is 0. The van der Waals surface area contributed by atoms with Gasteiger partial charge in [-0.3, -0.25) is 4.79 Å². The van der Waals surface area contributed by atoms with Crippen molar-refractivity contribution in [2.24, 2.45) is 0 Å². The van der Waals surface area contributed by atoms with E-state index in [4.69, 9.17) is 5.10 Å². The third-order valence-corrected chi connectivity index (χ3v) is 6.08. The third-order valence-electron chi connectivity index (χ3n) is 6.08. The van der Waals surface area contributed by atoms with Crippen LogP contribution in [0.4, 0.5) is 0 Å². The highest BCUT2D eigenvalue weighted by Crippen LogP contribution is 2.41. The van der Waals surface area contributed by atoms with Gasteiger partial charge in [0.2, 0.25) is 0 Å². The van der Waals surface area contributed by atoms with Crippen molar-refractivity contribution in [1.82, 2.24) is 19.6 Å². The normalized spacial score (nSPS) is 13.9. The summed E-state index contributed by atoms with van der Waals surface area (Å²) in [5.74, 6) is 0.426. The molecule has 5 heteroatoms. The standard InChI is InChI=1S/C25H26N4O/c1-15-6-10-22(18(4)11-15)29-24-21(13-26-29)23(19-8-9-19)27-28(25(24)30)14-20-12-16(2)5-7-17(20)3/h5-7,10-13,19H,8-9,14H2,1-4H3. The second-order valence-corrected chi connectivity index (χ2v) is 8.66. The van der Waals surface area contributed by atoms with E-state index < -0.39 is 0 Å². The molecule has 2 heterocycles. The van der Waals surface area contributed by atoms with E-state index in [2.05, 4.69) is 63.1 Å². The Morgan fingerprint density at radius 2 is 1.70 bits per heavy atom. The molecular weight excluding hydrogens is 372 g/mol. The van der Waals surface area contributed by atoms with E-state index in [0.717, 1.165) is 40.7 Å². The Bertz CT molecular complexity index is 1340. The van der Waals surface area contributed by atoms with Gasteiger partial charge in [-0.2, -0.15) is 10.2 Å². The fraction of sp³-hybridized carbons (Fsp3) is 0.320. The first-order chi connectivity index (χ1) is 14.4. The first-order valence-electron chi connectivity index (χ1n) is 10.5. The van der Waals surface area contributed by atoms with Gasteiger partial charge < -0.3 is 0 Å². The van der Waals surface area contributed by atoms with Crippen molar-refractivity contribution >= 4 is 10.9 Å². The predicted octanol–water partition coefficient (Wildman–Crippen LogP) is 4.74. The van der Waals surface area contributed by atoms with Crippen LogP contribution < -0.4 is 5.56 Å². The fourth-order valence-electron chi connectivity index (χ4n) is 4.22. The van der Waals surface area contributed by atoms with Gasteiger partial charge in [0, 0.05) is 11.3 Å². The molecule has 0 atom stereocenters. The molecule has 1 aliphatic carbocycles. The number of rotatable bonds is 4. The van der Waals surface area contributed by atoms with Gasteiger partial charge >= 0.3 is 0 Å². The number of benzene rings is 2. The van der Waals surface area contributed by atoms with Gasteiger partial charge in [0.15, 0.2) is 0 Å². The van der Waals surface area contributed by atoms with E-state index in [1.54, 1.807) is 9.36 Å². The van der Waals surface area contributed by atoms with Crippen LogP contribution in [0.3, 0.4) is 0 Å². The van der Waals surface area contributed by atoms with Crippen LogP contribution in [0, 0.1) is 27.7 Å². The van der Waals surface area contributed by atoms with Gasteiger partial charge in [0.1, 0.15) is 5.52 Å². The molecular formula is C25H26N4O. The highest BCUT2D eigenvalue weighted by Gasteiger charge is 2.30. The molecule has 0 aliphatic heterocycles. The van der Waals surface area contributed by atoms with Gasteiger partial charge in [0.25, 0.3) is 5.56 Å². The number of hydrogen-bond acceptors (Lipinski definition) is 3. The van der Waals surface area contributed by atoms with Crippen LogP contribution in [0.25, 0.3) is 16.6 Å². The summed E-state index contributed by atoms with van der Waals surface area (Å²) in [5.41, 5.74) is 8.27. The lowest BCUT2D eigenvalue weighted by Gasteiger charge is -2.13. The van der Waals surface area contributed by atoms with E-state index in [1.165, 1.54) is 16.7 Å². The second-order valence-electron chi connectivity index (χ2n) is 8.66. The highest BCUT2D eigenvalue weighted by molar-refractivity contribution is 5.82. The van der Waals surface area contributed by atoms with E-state index in [-0.39, 0.29) is 5.56 Å². The molecule has 0 saturated heterocycles. The Morgan fingerprint density at radius 1 is 0.967 bits per heavy atom. The Morgan fingerprint density at radius 3 is 2.43 bits per heavy atom. The van der Waals surface area contributed by atoms with Gasteiger partial charge in [-0.1, -0.05) is 41.5 Å². The maximum atomic E-state index is 13.6. The van der Waals surface area contributed by atoms with Gasteiger partial charge in [0.05, 0.1) is 24.1 Å². The minimum absolute atomic E-state index is 0.0900. The highest BCUT2D eigenvalue weighted by atomic mass is 16.1. The van der Waals surface area contributed by atoms with Crippen molar-refractivity contribution < 1.29 is 0 Å². The molecule has 2 aromatic carbocycles. The predicted molar refractivity (Wildman–Crippen MR) is 120 cm³/mol.